The molecule has 1 unspecified atom stereocenters. The number of carbonyl (C=O) groups excluding carboxylic acids is 2. The normalized spacial score (nSPS) is 12.5. The maximum atomic E-state index is 12.8. The van der Waals surface area contributed by atoms with Gasteiger partial charge in [-0.3, -0.25) is 9.59 Å². The fourth-order valence-corrected chi connectivity index (χ4v) is 7.45. The Balaban J connectivity index is 4.22. The van der Waals surface area contributed by atoms with E-state index in [0.717, 1.165) is 77.0 Å². The highest BCUT2D eigenvalue weighted by atomic mass is 16.6. The van der Waals surface area contributed by atoms with Gasteiger partial charge in [0, 0.05) is 19.4 Å². The number of hydrogen-bond acceptors (Lipinski definition) is 5. The van der Waals surface area contributed by atoms with Gasteiger partial charge in [0.05, 0.1) is 6.61 Å². The summed E-state index contributed by atoms with van der Waals surface area (Å²) in [6.07, 6.45) is 62.7. The first-order chi connectivity index (χ1) is 29.6. The molecule has 0 bridgehead atoms. The molecule has 0 saturated carbocycles. The molecule has 0 fully saturated rings. The predicted octanol–water partition coefficient (Wildman–Crippen LogP) is 17.6. The number of allylic oxidation sites excluding steroid dienone is 8. The molecule has 0 heterocycles. The molecule has 0 spiro atoms. The van der Waals surface area contributed by atoms with Crippen LogP contribution in [0.25, 0.3) is 0 Å². The summed E-state index contributed by atoms with van der Waals surface area (Å²) in [5.41, 5.74) is 0. The number of carbonyl (C=O) groups is 2. The third-order valence-corrected chi connectivity index (χ3v) is 11.3. The Morgan fingerprint density at radius 2 is 0.767 bits per heavy atom. The van der Waals surface area contributed by atoms with Gasteiger partial charge in [-0.1, -0.05) is 230 Å². The molecule has 0 aromatic carbocycles. The van der Waals surface area contributed by atoms with Crippen LogP contribution in [0.1, 0.15) is 265 Å². The van der Waals surface area contributed by atoms with Crippen molar-refractivity contribution in [2.45, 2.75) is 271 Å². The lowest BCUT2D eigenvalue weighted by Crippen LogP contribution is -2.30. The first-order valence-corrected chi connectivity index (χ1v) is 26.2. The molecule has 0 aromatic heterocycles. The Labute approximate surface area is 373 Å². The minimum Gasteiger partial charge on any atom is -0.462 e. The monoisotopic (exact) mass is 841 g/mol. The highest BCUT2D eigenvalue weighted by molar-refractivity contribution is 5.70. The summed E-state index contributed by atoms with van der Waals surface area (Å²) in [5.74, 6) is -0.418. The van der Waals surface area contributed by atoms with Gasteiger partial charge in [-0.25, -0.2) is 0 Å². The van der Waals surface area contributed by atoms with E-state index < -0.39 is 6.10 Å². The van der Waals surface area contributed by atoms with Gasteiger partial charge >= 0.3 is 11.9 Å². The molecule has 60 heavy (non-hydrogen) atoms. The smallest absolute Gasteiger partial charge is 0.306 e. The van der Waals surface area contributed by atoms with Gasteiger partial charge in [0.1, 0.15) is 6.61 Å². The van der Waals surface area contributed by atoms with E-state index in [1.54, 1.807) is 0 Å². The van der Waals surface area contributed by atoms with Crippen LogP contribution >= 0.6 is 0 Å². The Morgan fingerprint density at radius 3 is 1.27 bits per heavy atom. The third kappa shape index (κ3) is 48.5. The predicted molar refractivity (Wildman–Crippen MR) is 261 cm³/mol. The van der Waals surface area contributed by atoms with E-state index >= 15 is 0 Å². The average Bonchev–Trinajstić information content (AvgIpc) is 3.25. The zero-order chi connectivity index (χ0) is 43.5. The van der Waals surface area contributed by atoms with Crippen LogP contribution in [0.3, 0.4) is 0 Å². The van der Waals surface area contributed by atoms with Crippen molar-refractivity contribution < 1.29 is 23.8 Å². The van der Waals surface area contributed by atoms with Gasteiger partial charge in [0.2, 0.25) is 0 Å². The van der Waals surface area contributed by atoms with E-state index in [9.17, 15) is 9.59 Å². The number of rotatable bonds is 48. The maximum absolute atomic E-state index is 12.8. The first kappa shape index (κ1) is 57.9. The molecule has 0 N–H and O–H groups in total. The summed E-state index contributed by atoms with van der Waals surface area (Å²) in [6, 6.07) is 0. The van der Waals surface area contributed by atoms with Crippen molar-refractivity contribution in [2.75, 3.05) is 19.8 Å². The van der Waals surface area contributed by atoms with Crippen LogP contribution in [0.15, 0.2) is 48.6 Å². The van der Waals surface area contributed by atoms with Gasteiger partial charge < -0.3 is 14.2 Å². The minimum atomic E-state index is -0.544. The maximum Gasteiger partial charge on any atom is 0.306 e. The zero-order valence-corrected chi connectivity index (χ0v) is 40.2. The van der Waals surface area contributed by atoms with E-state index in [-0.39, 0.29) is 25.2 Å². The number of unbranched alkanes of at least 4 members (excludes halogenated alkanes) is 29. The molecule has 0 radical (unpaired) electrons. The van der Waals surface area contributed by atoms with Crippen LogP contribution in [0.5, 0.6) is 0 Å². The number of ether oxygens (including phenoxy) is 3. The number of esters is 2. The van der Waals surface area contributed by atoms with Gasteiger partial charge in [-0.15, -0.1) is 0 Å². The molecular formula is C55H100O5. The van der Waals surface area contributed by atoms with Crippen LogP contribution in [-0.2, 0) is 23.8 Å². The molecular weight excluding hydrogens is 741 g/mol. The van der Waals surface area contributed by atoms with Crippen LogP contribution in [-0.4, -0.2) is 37.9 Å². The first-order valence-electron chi connectivity index (χ1n) is 26.2. The van der Waals surface area contributed by atoms with Crippen LogP contribution in [0.2, 0.25) is 0 Å². The zero-order valence-electron chi connectivity index (χ0n) is 40.2. The number of hydrogen-bond donors (Lipinski definition) is 0. The summed E-state index contributed by atoms with van der Waals surface area (Å²) in [4.78, 5) is 25.3. The lowest BCUT2D eigenvalue weighted by Gasteiger charge is -2.18. The summed E-state index contributed by atoms with van der Waals surface area (Å²) in [7, 11) is 0. The lowest BCUT2D eigenvalue weighted by atomic mass is 10.0. The molecule has 0 rings (SSSR count). The fraction of sp³-hybridized carbons (Fsp3) is 0.818. The van der Waals surface area contributed by atoms with Gasteiger partial charge in [0.25, 0.3) is 0 Å². The topological polar surface area (TPSA) is 61.8 Å². The van der Waals surface area contributed by atoms with Crippen molar-refractivity contribution in [3.05, 3.63) is 48.6 Å². The van der Waals surface area contributed by atoms with Crippen molar-refractivity contribution >= 4 is 11.9 Å². The lowest BCUT2D eigenvalue weighted by molar-refractivity contribution is -0.163. The quantitative estimate of drug-likeness (QED) is 0.0347. The highest BCUT2D eigenvalue weighted by Gasteiger charge is 2.17. The van der Waals surface area contributed by atoms with Crippen LogP contribution < -0.4 is 0 Å². The van der Waals surface area contributed by atoms with Crippen molar-refractivity contribution in [3.8, 4) is 0 Å². The Hall–Kier alpha value is -2.14. The standard InChI is InChI=1S/C55H100O5/c1-4-7-10-13-16-19-22-24-26-27-28-30-32-35-38-41-44-47-50-58-51-53(60-55(57)49-46-43-40-37-33-21-18-15-12-9-6-3)52-59-54(56)48-45-42-39-36-34-31-29-25-23-20-17-14-11-8-5-2/h8,11,15,17-18,20,25,29,53H,4-7,9-10,12-14,16,19,21-24,26-28,30-52H2,1-3H3/b11-8-,18-15-,20-17-,29-25-. The van der Waals surface area contributed by atoms with Crippen molar-refractivity contribution in [1.29, 1.82) is 0 Å². The van der Waals surface area contributed by atoms with Gasteiger partial charge in [0.15, 0.2) is 6.10 Å². The van der Waals surface area contributed by atoms with E-state index in [2.05, 4.69) is 69.4 Å². The molecule has 0 amide bonds. The van der Waals surface area contributed by atoms with Crippen molar-refractivity contribution in [1.82, 2.24) is 0 Å². The summed E-state index contributed by atoms with van der Waals surface area (Å²) in [5, 5.41) is 0. The third-order valence-electron chi connectivity index (χ3n) is 11.3. The Bertz CT molecular complexity index is 997. The van der Waals surface area contributed by atoms with Gasteiger partial charge in [-0.2, -0.15) is 0 Å². The molecule has 350 valence electrons. The summed E-state index contributed by atoms with van der Waals surface area (Å²) < 4.78 is 17.4. The van der Waals surface area contributed by atoms with Gasteiger partial charge in [-0.05, 0) is 70.6 Å². The average molecular weight is 841 g/mol. The van der Waals surface area contributed by atoms with E-state index in [1.807, 2.05) is 0 Å². The molecule has 5 nitrogen and oxygen atoms in total. The van der Waals surface area contributed by atoms with Crippen LogP contribution in [0.4, 0.5) is 0 Å². The second kappa shape index (κ2) is 51.2. The van der Waals surface area contributed by atoms with Crippen molar-refractivity contribution in [2.24, 2.45) is 0 Å². The largest absolute Gasteiger partial charge is 0.462 e. The van der Waals surface area contributed by atoms with Crippen molar-refractivity contribution in [3.63, 3.8) is 0 Å². The second-order valence-electron chi connectivity index (χ2n) is 17.4. The van der Waals surface area contributed by atoms with E-state index in [1.165, 1.54) is 154 Å². The molecule has 0 aliphatic heterocycles. The SMILES string of the molecule is CC/C=C\C/C=C\C/C=C\CCCCCCCC(=O)OCC(COCCCCCCCCCCCCCCCCCCCC)OC(=O)CCCCCCC/C=C\CCCC. The Kier molecular flexibility index (Phi) is 49.4. The van der Waals surface area contributed by atoms with E-state index in [0.29, 0.717) is 19.4 Å². The van der Waals surface area contributed by atoms with Crippen LogP contribution in [0, 0.1) is 0 Å². The van der Waals surface area contributed by atoms with E-state index in [4.69, 9.17) is 14.2 Å². The fourth-order valence-electron chi connectivity index (χ4n) is 7.45. The molecule has 1 atom stereocenters. The molecule has 0 aliphatic rings. The molecule has 5 heteroatoms. The summed E-state index contributed by atoms with van der Waals surface area (Å²) >= 11 is 0. The molecule has 0 saturated heterocycles. The minimum absolute atomic E-state index is 0.0758. The second-order valence-corrected chi connectivity index (χ2v) is 17.4. The Morgan fingerprint density at radius 1 is 0.383 bits per heavy atom. The molecule has 0 aromatic rings. The summed E-state index contributed by atoms with van der Waals surface area (Å²) in [6.45, 7) is 7.69. The molecule has 0 aliphatic carbocycles. The highest BCUT2D eigenvalue weighted by Crippen LogP contribution is 2.15.